The summed E-state index contributed by atoms with van der Waals surface area (Å²) < 4.78 is 29.8. The molecule has 1 saturated heterocycles. The molecular weight excluding hydrogens is 220 g/mol. The van der Waals surface area contributed by atoms with Gasteiger partial charge in [-0.25, -0.2) is 0 Å². The molecule has 0 bridgehead atoms. The lowest BCUT2D eigenvalue weighted by Crippen LogP contribution is -2.61. The molecule has 0 aromatic rings. The van der Waals surface area contributed by atoms with E-state index in [0.717, 1.165) is 0 Å². The molecule has 1 fully saturated rings. The molecule has 1 rings (SSSR count). The average molecular weight is 238 g/mol. The first kappa shape index (κ1) is 12.9. The van der Waals surface area contributed by atoms with Crippen LogP contribution in [0.5, 0.6) is 0 Å². The van der Waals surface area contributed by atoms with E-state index in [-0.39, 0.29) is 12.3 Å². The fourth-order valence-electron chi connectivity index (χ4n) is 1.72. The Morgan fingerprint density at radius 2 is 2.20 bits per heavy atom. The Kier molecular flexibility index (Phi) is 4.07. The number of nitrogens with one attached hydrogen (secondary N) is 1. The fourth-order valence-corrected chi connectivity index (χ4v) is 2.17. The average Bonchev–Trinajstić information content (AvgIpc) is 2.15. The molecule has 1 unspecified atom stereocenters. The van der Waals surface area contributed by atoms with Gasteiger partial charge in [0.25, 0.3) is 10.1 Å². The van der Waals surface area contributed by atoms with Gasteiger partial charge in [0.1, 0.15) is 5.72 Å². The maximum atomic E-state index is 10.6. The SMILES string of the molecule is CCC1(O)CNCCN1CCS(=O)(=O)O. The largest absolute Gasteiger partial charge is 0.374 e. The second-order valence-electron chi connectivity index (χ2n) is 3.79. The minimum absolute atomic E-state index is 0.158. The molecule has 1 atom stereocenters. The molecule has 7 heteroatoms. The van der Waals surface area contributed by atoms with E-state index in [1.54, 1.807) is 4.90 Å². The highest BCUT2D eigenvalue weighted by molar-refractivity contribution is 7.85. The van der Waals surface area contributed by atoms with E-state index in [1.165, 1.54) is 0 Å². The van der Waals surface area contributed by atoms with E-state index in [1.807, 2.05) is 6.92 Å². The first-order valence-corrected chi connectivity index (χ1v) is 6.61. The molecule has 1 aliphatic heterocycles. The van der Waals surface area contributed by atoms with Crippen LogP contribution in [0, 0.1) is 0 Å². The topological polar surface area (TPSA) is 89.9 Å². The van der Waals surface area contributed by atoms with Crippen LogP contribution in [0.4, 0.5) is 0 Å². The zero-order valence-electron chi connectivity index (χ0n) is 8.81. The second kappa shape index (κ2) is 4.75. The molecule has 0 radical (unpaired) electrons. The lowest BCUT2D eigenvalue weighted by atomic mass is 10.1. The Hall–Kier alpha value is -0.210. The van der Waals surface area contributed by atoms with Gasteiger partial charge in [0, 0.05) is 26.2 Å². The van der Waals surface area contributed by atoms with Gasteiger partial charge in [-0.2, -0.15) is 8.42 Å². The minimum Gasteiger partial charge on any atom is -0.374 e. The quantitative estimate of drug-likeness (QED) is 0.537. The van der Waals surface area contributed by atoms with Gasteiger partial charge in [-0.15, -0.1) is 0 Å². The summed E-state index contributed by atoms with van der Waals surface area (Å²) in [5, 5.41) is 13.2. The third-order valence-electron chi connectivity index (χ3n) is 2.74. The molecular formula is C8H18N2O4S. The molecule has 6 nitrogen and oxygen atoms in total. The zero-order valence-corrected chi connectivity index (χ0v) is 9.63. The number of aliphatic hydroxyl groups is 1. The summed E-state index contributed by atoms with van der Waals surface area (Å²) in [6.45, 7) is 3.72. The lowest BCUT2D eigenvalue weighted by Gasteiger charge is -2.43. The summed E-state index contributed by atoms with van der Waals surface area (Å²) in [6.07, 6.45) is 0.519. The van der Waals surface area contributed by atoms with Crippen LogP contribution in [-0.4, -0.2) is 60.6 Å². The molecule has 0 spiro atoms. The standard InChI is InChI=1S/C8H18N2O4S/c1-2-8(11)7-9-3-4-10(8)5-6-15(12,13)14/h9,11H,2-7H2,1H3,(H,12,13,14). The maximum absolute atomic E-state index is 10.6. The highest BCUT2D eigenvalue weighted by atomic mass is 32.2. The van der Waals surface area contributed by atoms with Gasteiger partial charge in [-0.1, -0.05) is 6.92 Å². The van der Waals surface area contributed by atoms with Crippen molar-refractivity contribution in [2.45, 2.75) is 19.1 Å². The van der Waals surface area contributed by atoms with Crippen LogP contribution in [0.1, 0.15) is 13.3 Å². The van der Waals surface area contributed by atoms with E-state index in [0.29, 0.717) is 26.1 Å². The Morgan fingerprint density at radius 3 is 2.73 bits per heavy atom. The van der Waals surface area contributed by atoms with Crippen molar-refractivity contribution in [2.24, 2.45) is 0 Å². The summed E-state index contributed by atoms with van der Waals surface area (Å²) >= 11 is 0. The lowest BCUT2D eigenvalue weighted by molar-refractivity contribution is -0.120. The van der Waals surface area contributed by atoms with Crippen molar-refractivity contribution in [3.8, 4) is 0 Å². The number of β-amino-alcohol motifs (C(OH)–C–C–N with tert-alkyl or cyclic N) is 1. The number of hydrogen-bond acceptors (Lipinski definition) is 5. The van der Waals surface area contributed by atoms with Crippen molar-refractivity contribution in [3.05, 3.63) is 0 Å². The summed E-state index contributed by atoms with van der Waals surface area (Å²) in [4.78, 5) is 1.69. The molecule has 1 heterocycles. The normalized spacial score (nSPS) is 29.3. The van der Waals surface area contributed by atoms with Crippen LogP contribution in [-0.2, 0) is 10.1 Å². The molecule has 0 saturated carbocycles. The highest BCUT2D eigenvalue weighted by Crippen LogP contribution is 2.17. The van der Waals surface area contributed by atoms with E-state index in [2.05, 4.69) is 5.32 Å². The Bertz CT molecular complexity index is 306. The van der Waals surface area contributed by atoms with E-state index < -0.39 is 15.8 Å². The van der Waals surface area contributed by atoms with Crippen LogP contribution in [0.3, 0.4) is 0 Å². The van der Waals surface area contributed by atoms with Crippen LogP contribution in [0.2, 0.25) is 0 Å². The van der Waals surface area contributed by atoms with Crippen molar-refractivity contribution in [3.63, 3.8) is 0 Å². The van der Waals surface area contributed by atoms with Crippen LogP contribution in [0.25, 0.3) is 0 Å². The third-order valence-corrected chi connectivity index (χ3v) is 3.44. The van der Waals surface area contributed by atoms with Gasteiger partial charge in [0.05, 0.1) is 5.75 Å². The summed E-state index contributed by atoms with van der Waals surface area (Å²) in [6, 6.07) is 0. The molecule has 90 valence electrons. The Morgan fingerprint density at radius 1 is 1.53 bits per heavy atom. The summed E-state index contributed by atoms with van der Waals surface area (Å²) in [5.41, 5.74) is -0.997. The van der Waals surface area contributed by atoms with Gasteiger partial charge in [-0.05, 0) is 6.42 Å². The number of rotatable bonds is 4. The number of hydrogen-bond donors (Lipinski definition) is 3. The highest BCUT2D eigenvalue weighted by Gasteiger charge is 2.35. The van der Waals surface area contributed by atoms with Gasteiger partial charge >= 0.3 is 0 Å². The molecule has 3 N–H and O–H groups in total. The van der Waals surface area contributed by atoms with E-state index in [4.69, 9.17) is 4.55 Å². The maximum Gasteiger partial charge on any atom is 0.266 e. The van der Waals surface area contributed by atoms with Crippen LogP contribution >= 0.6 is 0 Å². The fraction of sp³-hybridized carbons (Fsp3) is 1.00. The molecule has 0 aromatic carbocycles. The van der Waals surface area contributed by atoms with E-state index in [9.17, 15) is 13.5 Å². The van der Waals surface area contributed by atoms with Gasteiger partial charge < -0.3 is 10.4 Å². The van der Waals surface area contributed by atoms with Crippen molar-refractivity contribution >= 4 is 10.1 Å². The predicted octanol–water partition coefficient (Wildman–Crippen LogP) is -1.12. The van der Waals surface area contributed by atoms with E-state index >= 15 is 0 Å². The molecule has 0 amide bonds. The van der Waals surface area contributed by atoms with Crippen molar-refractivity contribution in [1.82, 2.24) is 10.2 Å². The predicted molar refractivity (Wildman–Crippen MR) is 56.1 cm³/mol. The smallest absolute Gasteiger partial charge is 0.266 e. The first-order valence-electron chi connectivity index (χ1n) is 5.01. The van der Waals surface area contributed by atoms with Crippen LogP contribution < -0.4 is 5.32 Å². The minimum atomic E-state index is -3.96. The number of piperazine rings is 1. The summed E-state index contributed by atoms with van der Waals surface area (Å²) in [7, 11) is -3.96. The number of nitrogens with zero attached hydrogens (tertiary/aromatic N) is 1. The van der Waals surface area contributed by atoms with Crippen LogP contribution in [0.15, 0.2) is 0 Å². The Balaban J connectivity index is 2.58. The van der Waals surface area contributed by atoms with Crippen molar-refractivity contribution in [1.29, 1.82) is 0 Å². The molecule has 0 aromatic heterocycles. The van der Waals surface area contributed by atoms with Crippen molar-refractivity contribution < 1.29 is 18.1 Å². The van der Waals surface area contributed by atoms with Gasteiger partial charge in [-0.3, -0.25) is 9.45 Å². The molecule has 15 heavy (non-hydrogen) atoms. The molecule has 1 aliphatic rings. The third kappa shape index (κ3) is 3.69. The molecule has 0 aliphatic carbocycles. The monoisotopic (exact) mass is 238 g/mol. The summed E-state index contributed by atoms with van der Waals surface area (Å²) in [5.74, 6) is -0.338. The zero-order chi connectivity index (χ0) is 11.5. The Labute approximate surface area is 90.0 Å². The van der Waals surface area contributed by atoms with Gasteiger partial charge in [0.15, 0.2) is 0 Å². The second-order valence-corrected chi connectivity index (χ2v) is 5.36. The van der Waals surface area contributed by atoms with Gasteiger partial charge in [0.2, 0.25) is 0 Å². The first-order chi connectivity index (χ1) is 6.87. The van der Waals surface area contributed by atoms with Crippen molar-refractivity contribution in [2.75, 3.05) is 31.9 Å².